The fourth-order valence-corrected chi connectivity index (χ4v) is 3.10. The van der Waals surface area contributed by atoms with Crippen LogP contribution < -0.4 is 10.2 Å². The summed E-state index contributed by atoms with van der Waals surface area (Å²) in [6.45, 7) is 0. The molecule has 3 N–H and O–H groups in total. The molecule has 0 saturated heterocycles. The Hall–Kier alpha value is -3.47. The number of phenolic OH excluding ortho intramolecular Hbond substituents is 2. The van der Waals surface area contributed by atoms with Gasteiger partial charge < -0.3 is 15.5 Å². The van der Waals surface area contributed by atoms with Gasteiger partial charge in [0.25, 0.3) is 5.91 Å². The van der Waals surface area contributed by atoms with Crippen LogP contribution in [0.4, 0.5) is 11.4 Å². The van der Waals surface area contributed by atoms with Crippen molar-refractivity contribution in [3.63, 3.8) is 0 Å². The molecule has 0 bridgehead atoms. The van der Waals surface area contributed by atoms with E-state index in [0.29, 0.717) is 22.5 Å². The monoisotopic (exact) mass is 332 g/mol. The molecule has 1 atom stereocenters. The van der Waals surface area contributed by atoms with Gasteiger partial charge in [-0.2, -0.15) is 0 Å². The quantitative estimate of drug-likeness (QED) is 0.623. The van der Waals surface area contributed by atoms with Crippen LogP contribution in [0.1, 0.15) is 22.1 Å². The normalized spacial score (nSPS) is 16.2. The first-order chi connectivity index (χ1) is 12.2. The minimum atomic E-state index is -0.642. The van der Waals surface area contributed by atoms with Crippen LogP contribution in [-0.2, 0) is 0 Å². The molecule has 1 aliphatic heterocycles. The van der Waals surface area contributed by atoms with E-state index in [9.17, 15) is 15.0 Å². The smallest absolute Gasteiger partial charge is 0.262 e. The summed E-state index contributed by atoms with van der Waals surface area (Å²) in [6, 6.07) is 21.2. The lowest BCUT2D eigenvalue weighted by Gasteiger charge is -2.38. The SMILES string of the molecule is O=C1c2ccccc2NC(c2cccc(O)c2O)N1c1ccccc1. The van der Waals surface area contributed by atoms with Crippen LogP contribution in [0.25, 0.3) is 0 Å². The molecule has 5 nitrogen and oxygen atoms in total. The first kappa shape index (κ1) is 15.1. The predicted octanol–water partition coefficient (Wildman–Crippen LogP) is 3.87. The highest BCUT2D eigenvalue weighted by molar-refractivity contribution is 6.12. The van der Waals surface area contributed by atoms with Crippen molar-refractivity contribution in [2.24, 2.45) is 0 Å². The number of nitrogens with zero attached hydrogens (tertiary/aromatic N) is 1. The summed E-state index contributed by atoms with van der Waals surface area (Å²) in [5, 5.41) is 23.5. The molecule has 25 heavy (non-hydrogen) atoms. The largest absolute Gasteiger partial charge is 0.504 e. The number of aromatic hydroxyl groups is 2. The second-order valence-corrected chi connectivity index (χ2v) is 5.82. The fourth-order valence-electron chi connectivity index (χ4n) is 3.10. The molecular weight excluding hydrogens is 316 g/mol. The number of nitrogens with one attached hydrogen (secondary N) is 1. The summed E-state index contributed by atoms with van der Waals surface area (Å²) in [4.78, 5) is 14.7. The van der Waals surface area contributed by atoms with Gasteiger partial charge in [0.2, 0.25) is 0 Å². The lowest BCUT2D eigenvalue weighted by molar-refractivity contribution is 0.0974. The molecule has 1 unspecified atom stereocenters. The van der Waals surface area contributed by atoms with Crippen LogP contribution in [0, 0.1) is 0 Å². The molecule has 3 aromatic carbocycles. The number of fused-ring (bicyclic) bond motifs is 1. The van der Waals surface area contributed by atoms with E-state index in [0.717, 1.165) is 0 Å². The maximum atomic E-state index is 13.1. The lowest BCUT2D eigenvalue weighted by atomic mass is 10.0. The summed E-state index contributed by atoms with van der Waals surface area (Å²) in [5.41, 5.74) is 2.36. The number of anilines is 2. The van der Waals surface area contributed by atoms with Gasteiger partial charge in [-0.05, 0) is 30.3 Å². The van der Waals surface area contributed by atoms with Gasteiger partial charge >= 0.3 is 0 Å². The van der Waals surface area contributed by atoms with E-state index in [2.05, 4.69) is 5.32 Å². The van der Waals surface area contributed by atoms with Gasteiger partial charge in [-0.25, -0.2) is 0 Å². The van der Waals surface area contributed by atoms with Gasteiger partial charge in [-0.1, -0.05) is 42.5 Å². The van der Waals surface area contributed by atoms with Gasteiger partial charge in [0.05, 0.1) is 5.56 Å². The van der Waals surface area contributed by atoms with E-state index in [-0.39, 0.29) is 17.4 Å². The topological polar surface area (TPSA) is 72.8 Å². The number of phenols is 2. The van der Waals surface area contributed by atoms with Crippen molar-refractivity contribution in [1.29, 1.82) is 0 Å². The molecule has 0 saturated carbocycles. The third-order valence-corrected chi connectivity index (χ3v) is 4.30. The second-order valence-electron chi connectivity index (χ2n) is 5.82. The van der Waals surface area contributed by atoms with Crippen LogP contribution in [0.15, 0.2) is 72.8 Å². The number of amides is 1. The molecule has 0 radical (unpaired) electrons. The molecule has 1 amide bonds. The maximum Gasteiger partial charge on any atom is 0.262 e. The summed E-state index contributed by atoms with van der Waals surface area (Å²) in [5.74, 6) is -0.639. The maximum absolute atomic E-state index is 13.1. The molecule has 1 heterocycles. The Morgan fingerprint density at radius 3 is 2.36 bits per heavy atom. The van der Waals surface area contributed by atoms with Crippen LogP contribution >= 0.6 is 0 Å². The number of hydrogen-bond acceptors (Lipinski definition) is 4. The highest BCUT2D eigenvalue weighted by Gasteiger charge is 2.35. The molecule has 124 valence electrons. The van der Waals surface area contributed by atoms with E-state index >= 15 is 0 Å². The van der Waals surface area contributed by atoms with Gasteiger partial charge in [-0.3, -0.25) is 9.69 Å². The minimum absolute atomic E-state index is 0.173. The molecule has 0 fully saturated rings. The third-order valence-electron chi connectivity index (χ3n) is 4.30. The molecule has 0 aromatic heterocycles. The lowest BCUT2D eigenvalue weighted by Crippen LogP contribution is -2.43. The van der Waals surface area contributed by atoms with Crippen LogP contribution in [0.2, 0.25) is 0 Å². The van der Waals surface area contributed by atoms with Crippen LogP contribution in [-0.4, -0.2) is 16.1 Å². The Morgan fingerprint density at radius 1 is 0.840 bits per heavy atom. The van der Waals surface area contributed by atoms with Gasteiger partial charge in [0.15, 0.2) is 11.5 Å². The van der Waals surface area contributed by atoms with E-state index in [1.165, 1.54) is 6.07 Å². The standard InChI is InChI=1S/C20H16N2O3/c23-17-12-6-10-15(18(17)24)19-21-16-11-5-4-9-14(16)20(25)22(19)13-7-2-1-3-8-13/h1-12,19,21,23-24H. The zero-order chi connectivity index (χ0) is 17.4. The Morgan fingerprint density at radius 2 is 1.56 bits per heavy atom. The molecule has 3 aromatic rings. The second kappa shape index (κ2) is 5.87. The van der Waals surface area contributed by atoms with Crippen molar-refractivity contribution in [2.75, 3.05) is 10.2 Å². The first-order valence-electron chi connectivity index (χ1n) is 7.92. The fraction of sp³-hybridized carbons (Fsp3) is 0.0500. The predicted molar refractivity (Wildman–Crippen MR) is 95.8 cm³/mol. The zero-order valence-electron chi connectivity index (χ0n) is 13.3. The van der Waals surface area contributed by atoms with E-state index < -0.39 is 6.17 Å². The molecule has 0 spiro atoms. The highest BCUT2D eigenvalue weighted by Crippen LogP contribution is 2.41. The first-order valence-corrected chi connectivity index (χ1v) is 7.92. The Bertz CT molecular complexity index is 941. The van der Waals surface area contributed by atoms with Crippen molar-refractivity contribution < 1.29 is 15.0 Å². The van der Waals surface area contributed by atoms with Gasteiger partial charge in [0.1, 0.15) is 6.17 Å². The Kier molecular flexibility index (Phi) is 3.54. The minimum Gasteiger partial charge on any atom is -0.504 e. The molecule has 1 aliphatic rings. The number of hydrogen-bond donors (Lipinski definition) is 3. The Labute approximate surface area is 144 Å². The zero-order valence-corrected chi connectivity index (χ0v) is 13.3. The number of para-hydroxylation sites is 3. The van der Waals surface area contributed by atoms with Crippen molar-refractivity contribution in [2.45, 2.75) is 6.17 Å². The van der Waals surface area contributed by atoms with E-state index in [1.807, 2.05) is 48.5 Å². The Balaban J connectivity index is 1.91. The van der Waals surface area contributed by atoms with Crippen LogP contribution in [0.3, 0.4) is 0 Å². The summed E-state index contributed by atoms with van der Waals surface area (Å²) in [7, 11) is 0. The van der Waals surface area contributed by atoms with E-state index in [1.54, 1.807) is 23.1 Å². The molecule has 5 heteroatoms. The average Bonchev–Trinajstić information content (AvgIpc) is 2.65. The van der Waals surface area contributed by atoms with Crippen molar-refractivity contribution >= 4 is 17.3 Å². The molecule has 0 aliphatic carbocycles. The summed E-state index contributed by atoms with van der Waals surface area (Å²) in [6.07, 6.45) is -0.642. The summed E-state index contributed by atoms with van der Waals surface area (Å²) >= 11 is 0. The number of carbonyl (C=O) groups excluding carboxylic acids is 1. The molecule has 4 rings (SSSR count). The average molecular weight is 332 g/mol. The number of benzene rings is 3. The van der Waals surface area contributed by atoms with E-state index in [4.69, 9.17) is 0 Å². The highest BCUT2D eigenvalue weighted by atomic mass is 16.3. The van der Waals surface area contributed by atoms with Crippen LogP contribution in [0.5, 0.6) is 11.5 Å². The summed E-state index contributed by atoms with van der Waals surface area (Å²) < 4.78 is 0. The van der Waals surface area contributed by atoms with Crippen molar-refractivity contribution in [3.05, 3.63) is 83.9 Å². The third kappa shape index (κ3) is 2.46. The number of rotatable bonds is 2. The van der Waals surface area contributed by atoms with Gasteiger partial charge in [0, 0.05) is 16.9 Å². The number of carbonyl (C=O) groups is 1. The van der Waals surface area contributed by atoms with Crippen molar-refractivity contribution in [3.8, 4) is 11.5 Å². The van der Waals surface area contributed by atoms with Gasteiger partial charge in [-0.15, -0.1) is 0 Å². The molecular formula is C20H16N2O3. The van der Waals surface area contributed by atoms with Crippen molar-refractivity contribution in [1.82, 2.24) is 0 Å².